The Bertz CT molecular complexity index is 1110. The molecular formula is C24H29FN2O5. The van der Waals surface area contributed by atoms with Gasteiger partial charge in [0.15, 0.2) is 6.61 Å². The van der Waals surface area contributed by atoms with Crippen molar-refractivity contribution in [2.45, 2.75) is 47.1 Å². The fraction of sp³-hybridized carbons (Fsp3) is 0.375. The fourth-order valence-corrected chi connectivity index (χ4v) is 3.84. The van der Waals surface area contributed by atoms with Gasteiger partial charge in [0.1, 0.15) is 12.4 Å². The van der Waals surface area contributed by atoms with E-state index < -0.39 is 30.9 Å². The molecule has 1 aromatic heterocycles. The Labute approximate surface area is 186 Å². The predicted octanol–water partition coefficient (Wildman–Crippen LogP) is 3.81. The first-order valence-electron chi connectivity index (χ1n) is 10.4. The molecule has 0 atom stereocenters. The highest BCUT2D eigenvalue weighted by molar-refractivity contribution is 6.45. The lowest BCUT2D eigenvalue weighted by atomic mass is 9.97. The third-order valence-electron chi connectivity index (χ3n) is 5.19. The number of carbonyl (C=O) groups excluding carboxylic acids is 2. The maximum absolute atomic E-state index is 12.8. The first kappa shape index (κ1) is 24.8. The number of ether oxygens (including phenoxy) is 1. The molecule has 2 rings (SSSR count). The predicted molar refractivity (Wildman–Crippen MR) is 121 cm³/mol. The van der Waals surface area contributed by atoms with Crippen molar-refractivity contribution in [2.24, 2.45) is 5.73 Å². The number of rotatable bonds is 11. The molecule has 0 spiro atoms. The van der Waals surface area contributed by atoms with Gasteiger partial charge in [-0.05, 0) is 44.4 Å². The van der Waals surface area contributed by atoms with Crippen molar-refractivity contribution in [1.82, 2.24) is 4.57 Å². The second-order valence-corrected chi connectivity index (χ2v) is 7.66. The quantitative estimate of drug-likeness (QED) is 0.311. The summed E-state index contributed by atoms with van der Waals surface area (Å²) in [7, 11) is 0. The summed E-state index contributed by atoms with van der Waals surface area (Å²) < 4.78 is 19.9. The average Bonchev–Trinajstić information content (AvgIpc) is 3.00. The summed E-state index contributed by atoms with van der Waals surface area (Å²) in [6.45, 7) is 6.73. The van der Waals surface area contributed by atoms with E-state index in [0.29, 0.717) is 29.6 Å². The van der Waals surface area contributed by atoms with Gasteiger partial charge in [-0.15, -0.1) is 0 Å². The molecule has 0 fully saturated rings. The van der Waals surface area contributed by atoms with Crippen LogP contribution in [0.5, 0.6) is 5.75 Å². The standard InChI is InChI=1S/C24H29FN2O5/c1-5-8-17-15(3)11-18(32-13-19(28)29)21-20(23(30)24(26)31)16(4)27(22(17)21)12-14(2)9-6-7-10-25/h6-7,9,11H,5,8,10,12-13H2,1-4H3,(H2,26,31)(H,28,29)/b7-6-,14-9+. The van der Waals surface area contributed by atoms with Crippen LogP contribution in [0, 0.1) is 13.8 Å². The Morgan fingerprint density at radius 2 is 1.97 bits per heavy atom. The molecule has 0 unspecified atom stereocenters. The third-order valence-corrected chi connectivity index (χ3v) is 5.19. The largest absolute Gasteiger partial charge is 0.481 e. The van der Waals surface area contributed by atoms with Gasteiger partial charge in [-0.25, -0.2) is 9.18 Å². The van der Waals surface area contributed by atoms with Crippen molar-refractivity contribution in [3.8, 4) is 5.75 Å². The van der Waals surface area contributed by atoms with Crippen molar-refractivity contribution in [2.75, 3.05) is 13.3 Å². The summed E-state index contributed by atoms with van der Waals surface area (Å²) in [4.78, 5) is 35.8. The van der Waals surface area contributed by atoms with E-state index in [-0.39, 0.29) is 11.3 Å². The van der Waals surface area contributed by atoms with Gasteiger partial charge in [0.05, 0.1) is 16.5 Å². The van der Waals surface area contributed by atoms with Crippen LogP contribution in [0.15, 0.2) is 29.9 Å². The number of ketones is 1. The number of hydrogen-bond donors (Lipinski definition) is 2. The average molecular weight is 445 g/mol. The normalized spacial score (nSPS) is 12.0. The minimum atomic E-state index is -1.16. The number of amides is 1. The number of hydrogen-bond acceptors (Lipinski definition) is 4. The van der Waals surface area contributed by atoms with Crippen molar-refractivity contribution in [3.63, 3.8) is 0 Å². The van der Waals surface area contributed by atoms with E-state index in [0.717, 1.165) is 23.1 Å². The van der Waals surface area contributed by atoms with Crippen LogP contribution in [-0.4, -0.2) is 40.6 Å². The van der Waals surface area contributed by atoms with Crippen molar-refractivity contribution >= 4 is 28.6 Å². The number of nitrogens with two attached hydrogens (primary N) is 1. The number of fused-ring (bicyclic) bond motifs is 1. The Morgan fingerprint density at radius 3 is 2.53 bits per heavy atom. The molecule has 1 amide bonds. The van der Waals surface area contributed by atoms with Gasteiger partial charge < -0.3 is 20.1 Å². The van der Waals surface area contributed by atoms with Crippen molar-refractivity contribution in [1.29, 1.82) is 0 Å². The lowest BCUT2D eigenvalue weighted by molar-refractivity contribution is -0.139. The molecular weight excluding hydrogens is 415 g/mol. The highest BCUT2D eigenvalue weighted by atomic mass is 19.1. The van der Waals surface area contributed by atoms with Crippen molar-refractivity contribution in [3.05, 3.63) is 52.3 Å². The number of alkyl halides is 1. The first-order chi connectivity index (χ1) is 15.1. The molecule has 0 aliphatic carbocycles. The third kappa shape index (κ3) is 5.25. The van der Waals surface area contributed by atoms with Crippen LogP contribution < -0.4 is 10.5 Å². The number of carboxylic acid groups (broad SMARTS) is 1. The Hall–Kier alpha value is -3.42. The van der Waals surface area contributed by atoms with Crippen LogP contribution in [0.4, 0.5) is 4.39 Å². The smallest absolute Gasteiger partial charge is 0.341 e. The fourth-order valence-electron chi connectivity index (χ4n) is 3.84. The summed E-state index contributed by atoms with van der Waals surface area (Å²) >= 11 is 0. The number of benzene rings is 1. The van der Waals surface area contributed by atoms with E-state index >= 15 is 0 Å². The first-order valence-corrected chi connectivity index (χ1v) is 10.4. The molecule has 0 saturated heterocycles. The SMILES string of the molecule is CCCc1c(C)cc(OCC(=O)O)c2c(C(=O)C(N)=O)c(C)n(C/C(C)=C/C=C\CF)c12. The molecule has 2 aromatic rings. The molecule has 3 N–H and O–H groups in total. The number of carboxylic acids is 1. The maximum atomic E-state index is 12.8. The summed E-state index contributed by atoms with van der Waals surface area (Å²) in [5.41, 5.74) is 9.42. The van der Waals surface area contributed by atoms with Crippen molar-refractivity contribution < 1.29 is 28.6 Å². The number of carbonyl (C=O) groups is 3. The van der Waals surface area contributed by atoms with Gasteiger partial charge in [0.2, 0.25) is 0 Å². The number of Topliss-reactive ketones (excluding diaryl/α,β-unsaturated/α-hetero) is 1. The van der Waals surface area contributed by atoms with Gasteiger partial charge in [-0.3, -0.25) is 9.59 Å². The van der Waals surface area contributed by atoms with Crippen LogP contribution in [0.3, 0.4) is 0 Å². The van der Waals surface area contributed by atoms with Crippen LogP contribution >= 0.6 is 0 Å². The number of allylic oxidation sites excluding steroid dienone is 4. The minimum Gasteiger partial charge on any atom is -0.481 e. The van der Waals surface area contributed by atoms with Gasteiger partial charge in [-0.1, -0.05) is 37.1 Å². The number of aromatic nitrogens is 1. The van der Waals surface area contributed by atoms with E-state index in [1.807, 2.05) is 25.3 Å². The zero-order valence-corrected chi connectivity index (χ0v) is 18.8. The molecule has 0 aliphatic heterocycles. The second kappa shape index (κ2) is 10.7. The van der Waals surface area contributed by atoms with Crippen LogP contribution in [0.2, 0.25) is 0 Å². The monoisotopic (exact) mass is 444 g/mol. The minimum absolute atomic E-state index is 0.109. The molecule has 0 saturated carbocycles. The molecule has 1 aromatic carbocycles. The van der Waals surface area contributed by atoms with Gasteiger partial charge in [0.25, 0.3) is 11.7 Å². The zero-order valence-electron chi connectivity index (χ0n) is 18.8. The van der Waals surface area contributed by atoms with E-state index in [4.69, 9.17) is 15.6 Å². The molecule has 7 nitrogen and oxygen atoms in total. The summed E-state index contributed by atoms with van der Waals surface area (Å²) in [6, 6.07) is 1.70. The highest BCUT2D eigenvalue weighted by Gasteiger charge is 2.28. The number of halogens is 1. The Balaban J connectivity index is 2.92. The van der Waals surface area contributed by atoms with Gasteiger partial charge in [-0.2, -0.15) is 0 Å². The van der Waals surface area contributed by atoms with E-state index in [1.54, 1.807) is 25.1 Å². The van der Waals surface area contributed by atoms with E-state index in [1.165, 1.54) is 6.08 Å². The summed E-state index contributed by atoms with van der Waals surface area (Å²) in [5.74, 6) is -2.92. The van der Waals surface area contributed by atoms with Crippen LogP contribution in [0.25, 0.3) is 10.9 Å². The maximum Gasteiger partial charge on any atom is 0.341 e. The molecule has 1 heterocycles. The molecule has 32 heavy (non-hydrogen) atoms. The molecule has 172 valence electrons. The van der Waals surface area contributed by atoms with E-state index in [9.17, 15) is 18.8 Å². The summed E-state index contributed by atoms with van der Waals surface area (Å²) in [6.07, 6.45) is 6.32. The molecule has 0 bridgehead atoms. The van der Waals surface area contributed by atoms with E-state index in [2.05, 4.69) is 0 Å². The molecule has 8 heteroatoms. The topological polar surface area (TPSA) is 112 Å². The number of nitrogens with zero attached hydrogens (tertiary/aromatic N) is 1. The highest BCUT2D eigenvalue weighted by Crippen LogP contribution is 2.39. The summed E-state index contributed by atoms with van der Waals surface area (Å²) in [5, 5.41) is 9.47. The number of primary amides is 1. The van der Waals surface area contributed by atoms with Gasteiger partial charge >= 0.3 is 5.97 Å². The second-order valence-electron chi connectivity index (χ2n) is 7.66. The number of aryl methyl sites for hydroxylation is 2. The Kier molecular flexibility index (Phi) is 8.34. The lowest BCUT2D eigenvalue weighted by Crippen LogP contribution is -2.24. The van der Waals surface area contributed by atoms with Crippen LogP contribution in [-0.2, 0) is 22.6 Å². The Morgan fingerprint density at radius 1 is 1.28 bits per heavy atom. The zero-order chi connectivity index (χ0) is 24.0. The van der Waals surface area contributed by atoms with Gasteiger partial charge in [0, 0.05) is 12.2 Å². The molecule has 0 radical (unpaired) electrons. The molecule has 0 aliphatic rings. The lowest BCUT2D eigenvalue weighted by Gasteiger charge is -2.16. The van der Waals surface area contributed by atoms with Crippen LogP contribution in [0.1, 0.15) is 47.4 Å². The number of aliphatic carboxylic acids is 1.